The van der Waals surface area contributed by atoms with Crippen LogP contribution in [0, 0.1) is 5.41 Å². The lowest BCUT2D eigenvalue weighted by molar-refractivity contribution is 0.145. The highest BCUT2D eigenvalue weighted by molar-refractivity contribution is 5.98. The molecular weight excluding hydrogens is 476 g/mol. The Bertz CT molecular complexity index is 1730. The average Bonchev–Trinajstić information content (AvgIpc) is 3.51. The zero-order valence-corrected chi connectivity index (χ0v) is 21.4. The molecule has 5 heterocycles. The number of fused-ring (bicyclic) bond motifs is 2. The van der Waals surface area contributed by atoms with Gasteiger partial charge in [0.15, 0.2) is 5.82 Å². The number of rotatable bonds is 6. The van der Waals surface area contributed by atoms with E-state index >= 15 is 0 Å². The van der Waals surface area contributed by atoms with E-state index in [1.54, 1.807) is 24.8 Å². The Labute approximate surface area is 219 Å². The second-order valence-electron chi connectivity index (χ2n) is 10.6. The monoisotopic (exact) mass is 504 g/mol. The third-order valence-electron chi connectivity index (χ3n) is 6.38. The van der Waals surface area contributed by atoms with E-state index in [-0.39, 0.29) is 5.41 Å². The van der Waals surface area contributed by atoms with Crippen LogP contribution in [0.15, 0.2) is 73.6 Å². The van der Waals surface area contributed by atoms with Gasteiger partial charge in [-0.2, -0.15) is 5.10 Å². The van der Waals surface area contributed by atoms with Gasteiger partial charge in [-0.05, 0) is 53.3 Å². The summed E-state index contributed by atoms with van der Waals surface area (Å²) >= 11 is 0. The fourth-order valence-corrected chi connectivity index (χ4v) is 4.66. The van der Waals surface area contributed by atoms with Crippen molar-refractivity contribution < 1.29 is 5.11 Å². The van der Waals surface area contributed by atoms with Gasteiger partial charge in [-0.25, -0.2) is 4.98 Å². The molecule has 0 aliphatic heterocycles. The van der Waals surface area contributed by atoms with Crippen molar-refractivity contribution in [2.45, 2.75) is 33.4 Å². The van der Waals surface area contributed by atoms with Crippen molar-refractivity contribution in [1.29, 1.82) is 0 Å². The molecule has 190 valence electrons. The van der Waals surface area contributed by atoms with Crippen molar-refractivity contribution in [2.24, 2.45) is 5.41 Å². The minimum absolute atomic E-state index is 0.00591. The first-order valence-corrected chi connectivity index (χ1v) is 12.5. The molecule has 4 N–H and O–H groups in total. The molecule has 0 amide bonds. The van der Waals surface area contributed by atoms with Gasteiger partial charge in [0.05, 0.1) is 34.6 Å². The molecule has 9 heteroatoms. The third kappa shape index (κ3) is 4.71. The number of anilines is 1. The number of hydrogen-bond donors (Lipinski definition) is 4. The predicted octanol–water partition coefficient (Wildman–Crippen LogP) is 5.79. The summed E-state index contributed by atoms with van der Waals surface area (Å²) in [4.78, 5) is 21.2. The molecular formula is C29H28N8O. The minimum Gasteiger partial charge on any atom is -0.374 e. The summed E-state index contributed by atoms with van der Waals surface area (Å²) in [6, 6.07) is 12.0. The molecule has 0 aliphatic rings. The van der Waals surface area contributed by atoms with Crippen molar-refractivity contribution in [2.75, 3.05) is 5.32 Å². The number of aliphatic hydroxyl groups is 1. The van der Waals surface area contributed by atoms with E-state index in [2.05, 4.69) is 62.3 Å². The quantitative estimate of drug-likeness (QED) is 0.211. The van der Waals surface area contributed by atoms with Gasteiger partial charge in [-0.3, -0.25) is 20.1 Å². The van der Waals surface area contributed by atoms with Crippen LogP contribution in [0.3, 0.4) is 0 Å². The Morgan fingerprint density at radius 1 is 0.868 bits per heavy atom. The standard InChI is InChI=1S/C29H28N8O/c1-29(2,3)12-25(38)33-20-10-19(13-31-14-20)18-4-5-23-21(11-18)27(37-36-23)28-34-24-16-32-15-22(26(24)35-28)17-6-8-30-9-7-17/h4-11,13-16,25,33,38H,12H2,1-3H3,(H,34,35)(H,36,37). The van der Waals surface area contributed by atoms with Crippen molar-refractivity contribution in [3.8, 4) is 33.8 Å². The second kappa shape index (κ2) is 9.35. The van der Waals surface area contributed by atoms with E-state index in [9.17, 15) is 5.11 Å². The Kier molecular flexibility index (Phi) is 5.84. The van der Waals surface area contributed by atoms with E-state index in [0.717, 1.165) is 55.6 Å². The van der Waals surface area contributed by atoms with E-state index < -0.39 is 6.23 Å². The number of benzene rings is 1. The number of imidazole rings is 1. The second-order valence-corrected chi connectivity index (χ2v) is 10.6. The van der Waals surface area contributed by atoms with Crippen molar-refractivity contribution in [3.63, 3.8) is 0 Å². The first-order valence-electron chi connectivity index (χ1n) is 12.5. The average molecular weight is 505 g/mol. The highest BCUT2D eigenvalue weighted by atomic mass is 16.3. The smallest absolute Gasteiger partial charge is 0.159 e. The van der Waals surface area contributed by atoms with Crippen molar-refractivity contribution in [1.82, 2.24) is 35.1 Å². The number of hydrogen-bond acceptors (Lipinski definition) is 7. The van der Waals surface area contributed by atoms with E-state index in [1.165, 1.54) is 0 Å². The molecule has 1 unspecified atom stereocenters. The molecule has 9 nitrogen and oxygen atoms in total. The summed E-state index contributed by atoms with van der Waals surface area (Å²) in [7, 11) is 0. The minimum atomic E-state index is -0.658. The maximum absolute atomic E-state index is 10.5. The molecule has 38 heavy (non-hydrogen) atoms. The summed E-state index contributed by atoms with van der Waals surface area (Å²) in [6.45, 7) is 6.30. The third-order valence-corrected chi connectivity index (χ3v) is 6.38. The number of pyridine rings is 3. The normalized spacial score (nSPS) is 12.7. The van der Waals surface area contributed by atoms with Crippen LogP contribution in [0.1, 0.15) is 27.2 Å². The molecule has 1 aromatic carbocycles. The Morgan fingerprint density at radius 3 is 2.50 bits per heavy atom. The fraction of sp³-hybridized carbons (Fsp3) is 0.207. The molecule has 0 radical (unpaired) electrons. The lowest BCUT2D eigenvalue weighted by Gasteiger charge is -2.23. The summed E-state index contributed by atoms with van der Waals surface area (Å²) in [5, 5.41) is 22.3. The lowest BCUT2D eigenvalue weighted by atomic mass is 9.91. The highest BCUT2D eigenvalue weighted by Gasteiger charge is 2.18. The Balaban J connectivity index is 1.36. The first-order chi connectivity index (χ1) is 18.3. The summed E-state index contributed by atoms with van der Waals surface area (Å²) in [5.41, 5.74) is 7.89. The lowest BCUT2D eigenvalue weighted by Crippen LogP contribution is -2.25. The largest absolute Gasteiger partial charge is 0.374 e. The summed E-state index contributed by atoms with van der Waals surface area (Å²) in [6.07, 6.45) is 10.6. The van der Waals surface area contributed by atoms with Gasteiger partial charge in [-0.15, -0.1) is 0 Å². The molecule has 0 bridgehead atoms. The van der Waals surface area contributed by atoms with E-state index in [1.807, 2.05) is 42.7 Å². The SMILES string of the molecule is CC(C)(C)CC(O)Nc1cncc(-c2ccc3[nH]nc(-c4nc5c(-c6ccncc6)cncc5[nH]4)c3c2)c1. The molecule has 6 aromatic rings. The zero-order valence-electron chi connectivity index (χ0n) is 21.4. The zero-order chi connectivity index (χ0) is 26.3. The van der Waals surface area contributed by atoms with Crippen LogP contribution in [0.25, 0.3) is 55.7 Å². The van der Waals surface area contributed by atoms with Crippen molar-refractivity contribution in [3.05, 3.63) is 73.6 Å². The van der Waals surface area contributed by atoms with Crippen LogP contribution in [0.2, 0.25) is 0 Å². The van der Waals surface area contributed by atoms with E-state index in [4.69, 9.17) is 4.98 Å². The number of aliphatic hydroxyl groups excluding tert-OH is 1. The van der Waals surface area contributed by atoms with Gasteiger partial charge < -0.3 is 15.4 Å². The first kappa shape index (κ1) is 23.7. The summed E-state index contributed by atoms with van der Waals surface area (Å²) in [5.74, 6) is 0.658. The van der Waals surface area contributed by atoms with Crippen LogP contribution in [0.4, 0.5) is 5.69 Å². The Morgan fingerprint density at radius 2 is 1.68 bits per heavy atom. The maximum atomic E-state index is 10.5. The van der Waals surface area contributed by atoms with E-state index in [0.29, 0.717) is 12.2 Å². The van der Waals surface area contributed by atoms with Gasteiger partial charge >= 0.3 is 0 Å². The van der Waals surface area contributed by atoms with Crippen LogP contribution in [-0.4, -0.2) is 46.5 Å². The highest BCUT2D eigenvalue weighted by Crippen LogP contribution is 2.33. The Hall–Kier alpha value is -4.63. The molecule has 0 fully saturated rings. The van der Waals surface area contributed by atoms with Crippen LogP contribution in [0.5, 0.6) is 0 Å². The fourth-order valence-electron chi connectivity index (χ4n) is 4.66. The number of nitrogens with one attached hydrogen (secondary N) is 3. The topological polar surface area (TPSA) is 128 Å². The molecule has 1 atom stereocenters. The molecule has 5 aromatic heterocycles. The number of aromatic nitrogens is 7. The molecule has 0 saturated carbocycles. The van der Waals surface area contributed by atoms with Gasteiger partial charge in [0.2, 0.25) is 0 Å². The number of nitrogens with zero attached hydrogens (tertiary/aromatic N) is 5. The van der Waals surface area contributed by atoms with Crippen molar-refractivity contribution >= 4 is 27.6 Å². The van der Waals surface area contributed by atoms with Gasteiger partial charge in [0.1, 0.15) is 11.9 Å². The molecule has 0 spiro atoms. The molecule has 6 rings (SSSR count). The molecule has 0 saturated heterocycles. The van der Waals surface area contributed by atoms with Gasteiger partial charge in [0.25, 0.3) is 0 Å². The molecule has 0 aliphatic carbocycles. The number of H-pyrrole nitrogens is 2. The van der Waals surface area contributed by atoms with Gasteiger partial charge in [-0.1, -0.05) is 26.8 Å². The number of aromatic amines is 2. The van der Waals surface area contributed by atoms with Crippen LogP contribution in [-0.2, 0) is 0 Å². The summed E-state index contributed by atoms with van der Waals surface area (Å²) < 4.78 is 0. The predicted molar refractivity (Wildman–Crippen MR) is 149 cm³/mol. The van der Waals surface area contributed by atoms with Crippen LogP contribution < -0.4 is 5.32 Å². The van der Waals surface area contributed by atoms with Gasteiger partial charge in [0, 0.05) is 41.3 Å². The maximum Gasteiger partial charge on any atom is 0.159 e. The van der Waals surface area contributed by atoms with Crippen LogP contribution >= 0.6 is 0 Å².